The molecule has 0 amide bonds. The Balaban J connectivity index is 2.01. The Labute approximate surface area is 142 Å². The summed E-state index contributed by atoms with van der Waals surface area (Å²) in [5.41, 5.74) is 5.27. The van der Waals surface area contributed by atoms with Crippen LogP contribution in [0.25, 0.3) is 11.3 Å². The van der Waals surface area contributed by atoms with Crippen molar-refractivity contribution < 1.29 is 9.50 Å². The van der Waals surface area contributed by atoms with Gasteiger partial charge in [-0.05, 0) is 31.5 Å². The van der Waals surface area contributed by atoms with E-state index >= 15 is 0 Å². The van der Waals surface area contributed by atoms with Crippen LogP contribution in [0.1, 0.15) is 30.7 Å². The van der Waals surface area contributed by atoms with Gasteiger partial charge in [0.25, 0.3) is 0 Å². The summed E-state index contributed by atoms with van der Waals surface area (Å²) in [6.07, 6.45) is 0.318. The topological polar surface area (TPSA) is 31.6 Å². The molecule has 4 nitrogen and oxygen atoms in total. The molecule has 5 heteroatoms. The molecule has 0 fully saturated rings. The predicted molar refractivity (Wildman–Crippen MR) is 93.3 cm³/mol. The summed E-state index contributed by atoms with van der Waals surface area (Å²) in [6.45, 7) is 4.67. The average Bonchev–Trinajstić information content (AvgIpc) is 2.81. The van der Waals surface area contributed by atoms with Gasteiger partial charge in [0.15, 0.2) is 0 Å². The molecule has 1 aromatic heterocycles. The first-order valence-corrected chi connectivity index (χ1v) is 8.54. The Hall–Kier alpha value is -1.85. The first kappa shape index (κ1) is 15.7. The molecule has 0 bridgehead atoms. The molecule has 0 aliphatic carbocycles. The molecule has 2 unspecified atom stereocenters. The predicted octanol–water partition coefficient (Wildman–Crippen LogP) is 3.21. The van der Waals surface area contributed by atoms with E-state index < -0.39 is 6.10 Å². The van der Waals surface area contributed by atoms with Crippen LogP contribution in [0.5, 0.6) is 0 Å². The number of hydrogen-bond acceptors (Lipinski definition) is 3. The molecule has 0 radical (unpaired) electrons. The van der Waals surface area contributed by atoms with Gasteiger partial charge in [-0.2, -0.15) is 0 Å². The number of hydrogen-bond donors (Lipinski definition) is 1. The SMILES string of the molecule is CC1CC(O)c2c3c(c(-c4cccc(F)c4)n2C1)CN(C)CN3C. The Bertz CT molecular complexity index is 744. The van der Waals surface area contributed by atoms with Gasteiger partial charge in [-0.3, -0.25) is 4.90 Å². The van der Waals surface area contributed by atoms with Gasteiger partial charge in [-0.25, -0.2) is 4.39 Å². The van der Waals surface area contributed by atoms with Crippen LogP contribution in [-0.4, -0.2) is 35.3 Å². The first-order chi connectivity index (χ1) is 11.5. The maximum atomic E-state index is 13.9. The lowest BCUT2D eigenvalue weighted by Gasteiger charge is -2.34. The summed E-state index contributed by atoms with van der Waals surface area (Å²) >= 11 is 0. The van der Waals surface area contributed by atoms with Crippen molar-refractivity contribution in [1.29, 1.82) is 0 Å². The fourth-order valence-electron chi connectivity index (χ4n) is 4.38. The van der Waals surface area contributed by atoms with Gasteiger partial charge >= 0.3 is 0 Å². The summed E-state index contributed by atoms with van der Waals surface area (Å²) in [4.78, 5) is 4.44. The number of rotatable bonds is 1. The van der Waals surface area contributed by atoms with Gasteiger partial charge in [-0.15, -0.1) is 0 Å². The Morgan fingerprint density at radius 3 is 2.79 bits per heavy atom. The van der Waals surface area contributed by atoms with E-state index in [-0.39, 0.29) is 5.82 Å². The van der Waals surface area contributed by atoms with E-state index in [1.54, 1.807) is 12.1 Å². The van der Waals surface area contributed by atoms with Crippen molar-refractivity contribution in [3.05, 3.63) is 41.3 Å². The highest BCUT2D eigenvalue weighted by atomic mass is 19.1. The van der Waals surface area contributed by atoms with Gasteiger partial charge in [-0.1, -0.05) is 19.1 Å². The van der Waals surface area contributed by atoms with Crippen LogP contribution < -0.4 is 4.90 Å². The Morgan fingerprint density at radius 2 is 2.04 bits per heavy atom. The van der Waals surface area contributed by atoms with E-state index in [0.717, 1.165) is 48.8 Å². The number of aromatic nitrogens is 1. The van der Waals surface area contributed by atoms with E-state index in [1.165, 1.54) is 11.6 Å². The zero-order valence-corrected chi connectivity index (χ0v) is 14.5. The van der Waals surface area contributed by atoms with Crippen molar-refractivity contribution in [3.63, 3.8) is 0 Å². The van der Waals surface area contributed by atoms with Crippen LogP contribution in [0.2, 0.25) is 0 Å². The van der Waals surface area contributed by atoms with Gasteiger partial charge in [0.1, 0.15) is 5.82 Å². The molecule has 24 heavy (non-hydrogen) atoms. The van der Waals surface area contributed by atoms with Crippen molar-refractivity contribution >= 4 is 5.69 Å². The highest BCUT2D eigenvalue weighted by molar-refractivity contribution is 5.77. The van der Waals surface area contributed by atoms with Crippen molar-refractivity contribution in [2.45, 2.75) is 32.5 Å². The fraction of sp³-hybridized carbons (Fsp3) is 0.474. The third-order valence-corrected chi connectivity index (χ3v) is 5.17. The van der Waals surface area contributed by atoms with Crippen LogP contribution in [0.3, 0.4) is 0 Å². The quantitative estimate of drug-likeness (QED) is 0.872. The summed E-state index contributed by atoms with van der Waals surface area (Å²) < 4.78 is 16.1. The number of halogens is 1. The molecular formula is C19H24FN3O. The largest absolute Gasteiger partial charge is 0.387 e. The molecule has 2 aliphatic heterocycles. The number of fused-ring (bicyclic) bond motifs is 3. The van der Waals surface area contributed by atoms with Crippen molar-refractivity contribution in [1.82, 2.24) is 9.47 Å². The minimum atomic E-state index is -0.462. The molecule has 0 spiro atoms. The van der Waals surface area contributed by atoms with Crippen LogP contribution >= 0.6 is 0 Å². The van der Waals surface area contributed by atoms with Crippen LogP contribution in [0, 0.1) is 11.7 Å². The van der Waals surface area contributed by atoms with Gasteiger partial charge in [0.2, 0.25) is 0 Å². The van der Waals surface area contributed by atoms with E-state index in [1.807, 2.05) is 6.07 Å². The second-order valence-corrected chi connectivity index (χ2v) is 7.39. The zero-order valence-electron chi connectivity index (χ0n) is 14.5. The first-order valence-electron chi connectivity index (χ1n) is 8.54. The average molecular weight is 329 g/mol. The van der Waals surface area contributed by atoms with E-state index in [0.29, 0.717) is 5.92 Å². The van der Waals surface area contributed by atoms with Crippen molar-refractivity contribution in [3.8, 4) is 11.3 Å². The van der Waals surface area contributed by atoms with E-state index in [4.69, 9.17) is 0 Å². The summed E-state index contributed by atoms with van der Waals surface area (Å²) in [5.74, 6) is 0.176. The van der Waals surface area contributed by atoms with Gasteiger partial charge in [0.05, 0.1) is 29.8 Å². The Kier molecular flexibility index (Phi) is 3.66. The Morgan fingerprint density at radius 1 is 1.25 bits per heavy atom. The monoisotopic (exact) mass is 329 g/mol. The maximum absolute atomic E-state index is 13.9. The van der Waals surface area contributed by atoms with Crippen LogP contribution in [-0.2, 0) is 13.1 Å². The smallest absolute Gasteiger partial charge is 0.123 e. The maximum Gasteiger partial charge on any atom is 0.123 e. The number of nitrogens with zero attached hydrogens (tertiary/aromatic N) is 3. The molecule has 1 aromatic carbocycles. The normalized spacial score (nSPS) is 24.0. The highest BCUT2D eigenvalue weighted by Crippen LogP contribution is 2.46. The lowest BCUT2D eigenvalue weighted by Crippen LogP contribution is -2.38. The van der Waals surface area contributed by atoms with E-state index in [9.17, 15) is 9.50 Å². The van der Waals surface area contributed by atoms with Crippen LogP contribution in [0.4, 0.5) is 10.1 Å². The molecule has 0 saturated heterocycles. The van der Waals surface area contributed by atoms with Crippen molar-refractivity contribution in [2.75, 3.05) is 25.7 Å². The number of benzene rings is 1. The summed E-state index contributed by atoms with van der Waals surface area (Å²) in [5, 5.41) is 10.8. The highest BCUT2D eigenvalue weighted by Gasteiger charge is 2.36. The standard InChI is InChI=1S/C19H24FN3O/c1-12-7-16(24)19-18-15(10-21(2)11-22(18)3)17(23(19)9-12)13-5-4-6-14(20)8-13/h4-6,8,12,16,24H,7,9-11H2,1-3H3. The summed E-state index contributed by atoms with van der Waals surface area (Å²) in [7, 11) is 4.15. The molecule has 0 saturated carbocycles. The number of aliphatic hydroxyl groups is 1. The second kappa shape index (κ2) is 5.60. The minimum Gasteiger partial charge on any atom is -0.387 e. The molecule has 128 valence electrons. The van der Waals surface area contributed by atoms with Gasteiger partial charge in [0, 0.05) is 31.3 Å². The second-order valence-electron chi connectivity index (χ2n) is 7.39. The summed E-state index contributed by atoms with van der Waals surface area (Å²) in [6, 6.07) is 6.80. The number of anilines is 1. The number of aliphatic hydroxyl groups excluding tert-OH is 1. The van der Waals surface area contributed by atoms with Gasteiger partial charge < -0.3 is 14.6 Å². The fourth-order valence-corrected chi connectivity index (χ4v) is 4.38. The zero-order chi connectivity index (χ0) is 17.0. The lowest BCUT2D eigenvalue weighted by atomic mass is 9.96. The molecule has 4 rings (SSSR count). The molecule has 2 aromatic rings. The van der Waals surface area contributed by atoms with Crippen LogP contribution in [0.15, 0.2) is 24.3 Å². The lowest BCUT2D eigenvalue weighted by molar-refractivity contribution is 0.115. The molecule has 1 N–H and O–H groups in total. The molecular weight excluding hydrogens is 305 g/mol. The van der Waals surface area contributed by atoms with Crippen molar-refractivity contribution in [2.24, 2.45) is 5.92 Å². The van der Waals surface area contributed by atoms with E-state index in [2.05, 4.69) is 35.4 Å². The molecule has 3 heterocycles. The third kappa shape index (κ3) is 2.34. The third-order valence-electron chi connectivity index (χ3n) is 5.17. The molecule has 2 aliphatic rings. The minimum absolute atomic E-state index is 0.223. The molecule has 2 atom stereocenters.